The standard InChI is InChI=1S/C17H28N2O/c1-2-10-19(13-14-5-4-9-18-12-14)16-6-3-7-17-15(16)8-11-20-17/h8,11,14,16,18H,2-7,9-10,12-13H2,1H3. The molecule has 0 radical (unpaired) electrons. The van der Waals surface area contributed by atoms with Crippen LogP contribution in [0.25, 0.3) is 0 Å². The van der Waals surface area contributed by atoms with E-state index in [-0.39, 0.29) is 0 Å². The van der Waals surface area contributed by atoms with Crippen molar-refractivity contribution in [2.75, 3.05) is 26.2 Å². The zero-order valence-electron chi connectivity index (χ0n) is 12.7. The molecule has 1 aromatic heterocycles. The second-order valence-electron chi connectivity index (χ2n) is 6.41. The fourth-order valence-corrected chi connectivity index (χ4v) is 3.91. The zero-order chi connectivity index (χ0) is 13.8. The van der Waals surface area contributed by atoms with Crippen molar-refractivity contribution in [1.29, 1.82) is 0 Å². The number of aryl methyl sites for hydroxylation is 1. The maximum absolute atomic E-state index is 5.67. The molecule has 0 spiro atoms. The highest BCUT2D eigenvalue weighted by Gasteiger charge is 2.29. The summed E-state index contributed by atoms with van der Waals surface area (Å²) in [6, 6.07) is 2.81. The maximum Gasteiger partial charge on any atom is 0.108 e. The van der Waals surface area contributed by atoms with E-state index in [4.69, 9.17) is 4.42 Å². The van der Waals surface area contributed by atoms with Crippen molar-refractivity contribution in [3.63, 3.8) is 0 Å². The first-order valence-electron chi connectivity index (χ1n) is 8.39. The summed E-state index contributed by atoms with van der Waals surface area (Å²) in [4.78, 5) is 2.73. The SMILES string of the molecule is CCCN(CC1CCCNC1)C1CCCc2occc21. The van der Waals surface area contributed by atoms with Crippen LogP contribution in [0.3, 0.4) is 0 Å². The first kappa shape index (κ1) is 14.2. The van der Waals surface area contributed by atoms with Gasteiger partial charge in [-0.1, -0.05) is 6.92 Å². The number of rotatable bonds is 5. The Morgan fingerprint density at radius 2 is 2.30 bits per heavy atom. The van der Waals surface area contributed by atoms with Crippen molar-refractivity contribution in [2.45, 2.75) is 51.5 Å². The highest BCUT2D eigenvalue weighted by atomic mass is 16.3. The quantitative estimate of drug-likeness (QED) is 0.894. The Morgan fingerprint density at radius 3 is 3.10 bits per heavy atom. The van der Waals surface area contributed by atoms with Crippen LogP contribution in [0.15, 0.2) is 16.7 Å². The molecule has 0 saturated carbocycles. The smallest absolute Gasteiger partial charge is 0.108 e. The lowest BCUT2D eigenvalue weighted by Crippen LogP contribution is -2.40. The molecule has 1 saturated heterocycles. The van der Waals surface area contributed by atoms with Gasteiger partial charge >= 0.3 is 0 Å². The van der Waals surface area contributed by atoms with Gasteiger partial charge in [0.2, 0.25) is 0 Å². The van der Waals surface area contributed by atoms with E-state index in [2.05, 4.69) is 23.2 Å². The molecule has 1 aromatic rings. The van der Waals surface area contributed by atoms with E-state index in [0.717, 1.165) is 12.3 Å². The van der Waals surface area contributed by atoms with Crippen molar-refractivity contribution < 1.29 is 4.42 Å². The molecule has 3 nitrogen and oxygen atoms in total. The summed E-state index contributed by atoms with van der Waals surface area (Å²) in [5.74, 6) is 2.07. The van der Waals surface area contributed by atoms with Crippen LogP contribution in [0, 0.1) is 5.92 Å². The molecule has 1 aliphatic carbocycles. The average molecular weight is 276 g/mol. The van der Waals surface area contributed by atoms with Gasteiger partial charge in [-0.25, -0.2) is 0 Å². The van der Waals surface area contributed by atoms with Crippen molar-refractivity contribution >= 4 is 0 Å². The third-order valence-electron chi connectivity index (χ3n) is 4.86. The second-order valence-corrected chi connectivity index (χ2v) is 6.41. The van der Waals surface area contributed by atoms with Crippen molar-refractivity contribution in [3.8, 4) is 0 Å². The first-order chi connectivity index (χ1) is 9.88. The predicted octanol–water partition coefficient (Wildman–Crippen LogP) is 3.37. The van der Waals surface area contributed by atoms with Gasteiger partial charge in [-0.2, -0.15) is 0 Å². The van der Waals surface area contributed by atoms with Crippen molar-refractivity contribution in [1.82, 2.24) is 10.2 Å². The summed E-state index contributed by atoms with van der Waals surface area (Å²) in [5.41, 5.74) is 1.47. The Kier molecular flexibility index (Phi) is 4.79. The van der Waals surface area contributed by atoms with Gasteiger partial charge in [-0.15, -0.1) is 0 Å². The predicted molar refractivity (Wildman–Crippen MR) is 81.8 cm³/mol. The Balaban J connectivity index is 1.70. The van der Waals surface area contributed by atoms with Gasteiger partial charge in [-0.3, -0.25) is 4.90 Å². The van der Waals surface area contributed by atoms with E-state index >= 15 is 0 Å². The van der Waals surface area contributed by atoms with E-state index < -0.39 is 0 Å². The number of furan rings is 1. The molecule has 2 heterocycles. The molecule has 1 aliphatic heterocycles. The normalized spacial score (nSPS) is 26.7. The number of fused-ring (bicyclic) bond motifs is 1. The monoisotopic (exact) mass is 276 g/mol. The molecule has 112 valence electrons. The zero-order valence-corrected chi connectivity index (χ0v) is 12.7. The van der Waals surface area contributed by atoms with Gasteiger partial charge in [0.15, 0.2) is 0 Å². The number of nitrogens with zero attached hydrogens (tertiary/aromatic N) is 1. The lowest BCUT2D eigenvalue weighted by atomic mass is 9.90. The molecule has 3 heteroatoms. The highest BCUT2D eigenvalue weighted by Crippen LogP contribution is 2.35. The molecule has 0 amide bonds. The Hall–Kier alpha value is -0.800. The van der Waals surface area contributed by atoms with Crippen LogP contribution in [-0.2, 0) is 6.42 Å². The first-order valence-corrected chi connectivity index (χ1v) is 8.39. The number of piperidine rings is 1. The minimum absolute atomic E-state index is 0.597. The Bertz CT molecular complexity index is 409. The van der Waals surface area contributed by atoms with E-state index in [1.165, 1.54) is 69.6 Å². The summed E-state index contributed by atoms with van der Waals surface area (Å²) < 4.78 is 5.67. The van der Waals surface area contributed by atoms with Crippen LogP contribution in [0.1, 0.15) is 56.4 Å². The number of hydrogen-bond donors (Lipinski definition) is 1. The van der Waals surface area contributed by atoms with Gasteiger partial charge in [0.05, 0.1) is 6.26 Å². The van der Waals surface area contributed by atoms with E-state index in [9.17, 15) is 0 Å². The molecule has 0 bridgehead atoms. The van der Waals surface area contributed by atoms with Gasteiger partial charge < -0.3 is 9.73 Å². The third-order valence-corrected chi connectivity index (χ3v) is 4.86. The topological polar surface area (TPSA) is 28.4 Å². The van der Waals surface area contributed by atoms with Gasteiger partial charge in [0.1, 0.15) is 5.76 Å². The molecule has 2 unspecified atom stereocenters. The lowest BCUT2D eigenvalue weighted by molar-refractivity contribution is 0.138. The van der Waals surface area contributed by atoms with Gasteiger partial charge in [0.25, 0.3) is 0 Å². The molecular formula is C17H28N2O. The molecule has 3 rings (SSSR count). The van der Waals surface area contributed by atoms with Gasteiger partial charge in [-0.05, 0) is 63.7 Å². The van der Waals surface area contributed by atoms with Crippen LogP contribution in [0.5, 0.6) is 0 Å². The summed E-state index contributed by atoms with van der Waals surface area (Å²) >= 11 is 0. The van der Waals surface area contributed by atoms with Crippen LogP contribution >= 0.6 is 0 Å². The number of hydrogen-bond acceptors (Lipinski definition) is 3. The highest BCUT2D eigenvalue weighted by molar-refractivity contribution is 5.24. The van der Waals surface area contributed by atoms with E-state index in [0.29, 0.717) is 6.04 Å². The molecule has 1 fully saturated rings. The molecule has 20 heavy (non-hydrogen) atoms. The van der Waals surface area contributed by atoms with E-state index in [1.807, 2.05) is 6.26 Å². The van der Waals surface area contributed by atoms with Crippen LogP contribution in [0.4, 0.5) is 0 Å². The summed E-state index contributed by atoms with van der Waals surface area (Å²) in [6.45, 7) is 7.16. The largest absolute Gasteiger partial charge is 0.469 e. The van der Waals surface area contributed by atoms with Crippen molar-refractivity contribution in [3.05, 3.63) is 23.7 Å². The minimum atomic E-state index is 0.597. The Labute approximate surface area is 122 Å². The van der Waals surface area contributed by atoms with Crippen LogP contribution in [0.2, 0.25) is 0 Å². The molecule has 2 atom stereocenters. The molecular weight excluding hydrogens is 248 g/mol. The fraction of sp³-hybridized carbons (Fsp3) is 0.765. The average Bonchev–Trinajstić information content (AvgIpc) is 2.96. The second kappa shape index (κ2) is 6.77. The molecule has 0 aromatic carbocycles. The van der Waals surface area contributed by atoms with Crippen LogP contribution < -0.4 is 5.32 Å². The summed E-state index contributed by atoms with van der Waals surface area (Å²) in [7, 11) is 0. The lowest BCUT2D eigenvalue weighted by Gasteiger charge is -2.37. The maximum atomic E-state index is 5.67. The third kappa shape index (κ3) is 3.09. The van der Waals surface area contributed by atoms with E-state index in [1.54, 1.807) is 0 Å². The minimum Gasteiger partial charge on any atom is -0.469 e. The number of nitrogens with one attached hydrogen (secondary N) is 1. The van der Waals surface area contributed by atoms with Gasteiger partial charge in [0, 0.05) is 24.6 Å². The molecule has 2 aliphatic rings. The molecule has 1 N–H and O–H groups in total. The summed E-state index contributed by atoms with van der Waals surface area (Å²) in [5, 5.41) is 3.55. The Morgan fingerprint density at radius 1 is 1.35 bits per heavy atom. The fourth-order valence-electron chi connectivity index (χ4n) is 3.91. The summed E-state index contributed by atoms with van der Waals surface area (Å²) in [6.07, 6.45) is 9.55. The van der Waals surface area contributed by atoms with Crippen molar-refractivity contribution in [2.24, 2.45) is 5.92 Å². The van der Waals surface area contributed by atoms with Crippen LogP contribution in [-0.4, -0.2) is 31.1 Å².